The minimum Gasteiger partial charge on any atom is -0.369 e. The summed E-state index contributed by atoms with van der Waals surface area (Å²) >= 11 is 1.84. The molecule has 1 saturated heterocycles. The number of thioether (sulfide) groups is 1. The number of hydrogen-bond acceptors (Lipinski definition) is 4. The molecule has 0 spiro atoms. The third-order valence-corrected chi connectivity index (χ3v) is 6.55. The Morgan fingerprint density at radius 2 is 2.10 bits per heavy atom. The summed E-state index contributed by atoms with van der Waals surface area (Å²) in [5.74, 6) is 0.655. The van der Waals surface area contributed by atoms with Gasteiger partial charge in [0.05, 0.1) is 12.5 Å². The average molecular weight is 420 g/mol. The van der Waals surface area contributed by atoms with Crippen LogP contribution in [-0.2, 0) is 17.9 Å². The minimum atomic E-state index is -0.175. The van der Waals surface area contributed by atoms with Gasteiger partial charge in [0.15, 0.2) is 5.96 Å². The molecule has 162 valence electrons. The molecule has 1 unspecified atom stereocenters. The Balaban J connectivity index is 1.96. The van der Waals surface area contributed by atoms with E-state index in [2.05, 4.69) is 66.8 Å². The molecule has 29 heavy (non-hydrogen) atoms. The first-order valence-electron chi connectivity index (χ1n) is 10.5. The van der Waals surface area contributed by atoms with E-state index >= 15 is 0 Å². The lowest BCUT2D eigenvalue weighted by Gasteiger charge is -2.31. The van der Waals surface area contributed by atoms with Gasteiger partial charge in [0.25, 0.3) is 0 Å². The Bertz CT molecular complexity index is 692. The number of nitrogens with zero attached hydrogens (tertiary/aromatic N) is 2. The fourth-order valence-corrected chi connectivity index (χ4v) is 3.61. The monoisotopic (exact) mass is 419 g/mol. The van der Waals surface area contributed by atoms with E-state index in [4.69, 9.17) is 10.7 Å². The maximum absolute atomic E-state index is 11.5. The average Bonchev–Trinajstić information content (AvgIpc) is 2.70. The Hall–Kier alpha value is -1.73. The maximum atomic E-state index is 11.5. The number of primary amides is 1. The van der Waals surface area contributed by atoms with E-state index < -0.39 is 0 Å². The van der Waals surface area contributed by atoms with Gasteiger partial charge in [0, 0.05) is 30.9 Å². The van der Waals surface area contributed by atoms with Gasteiger partial charge in [0.2, 0.25) is 5.91 Å². The van der Waals surface area contributed by atoms with Crippen molar-refractivity contribution in [2.24, 2.45) is 16.6 Å². The fraction of sp³-hybridized carbons (Fsp3) is 0.636. The van der Waals surface area contributed by atoms with Gasteiger partial charge >= 0.3 is 0 Å². The Morgan fingerprint density at radius 1 is 1.34 bits per heavy atom. The molecular weight excluding hydrogens is 382 g/mol. The highest BCUT2D eigenvalue weighted by atomic mass is 32.2. The Kier molecular flexibility index (Phi) is 9.30. The van der Waals surface area contributed by atoms with Crippen molar-refractivity contribution in [2.75, 3.05) is 32.4 Å². The van der Waals surface area contributed by atoms with Gasteiger partial charge in [0.1, 0.15) is 0 Å². The van der Waals surface area contributed by atoms with Crippen LogP contribution >= 0.6 is 11.8 Å². The van der Waals surface area contributed by atoms with Gasteiger partial charge in [-0.2, -0.15) is 11.8 Å². The lowest BCUT2D eigenvalue weighted by Crippen LogP contribution is -2.43. The topological polar surface area (TPSA) is 82.8 Å². The molecule has 0 bridgehead atoms. The lowest BCUT2D eigenvalue weighted by molar-refractivity contribution is -0.123. The van der Waals surface area contributed by atoms with Crippen LogP contribution in [0.3, 0.4) is 0 Å². The molecule has 1 atom stereocenters. The van der Waals surface area contributed by atoms with Crippen molar-refractivity contribution < 1.29 is 4.79 Å². The van der Waals surface area contributed by atoms with Gasteiger partial charge in [-0.3, -0.25) is 9.69 Å². The normalized spacial score (nSPS) is 18.5. The van der Waals surface area contributed by atoms with E-state index in [1.165, 1.54) is 11.1 Å². The SMILES string of the molecule is CCNC(=NCc1cccc(CN2CCCC(C(N)=O)C2)c1)NCC(C)(C)SC. The second-order valence-corrected chi connectivity index (χ2v) is 9.82. The van der Waals surface area contributed by atoms with Crippen LogP contribution in [0.4, 0.5) is 0 Å². The molecule has 6 nitrogen and oxygen atoms in total. The molecule has 1 aliphatic rings. The number of piperidine rings is 1. The van der Waals surface area contributed by atoms with E-state index in [0.29, 0.717) is 6.54 Å². The minimum absolute atomic E-state index is 0.0178. The molecule has 0 saturated carbocycles. The molecule has 0 aromatic heterocycles. The van der Waals surface area contributed by atoms with Crippen molar-refractivity contribution in [1.29, 1.82) is 0 Å². The zero-order valence-electron chi connectivity index (χ0n) is 18.3. The van der Waals surface area contributed by atoms with Crippen LogP contribution < -0.4 is 16.4 Å². The standard InChI is InChI=1S/C22H37N5OS/c1-5-24-21(26-16-22(2,3)29-4)25-13-17-8-6-9-18(12-17)14-27-11-7-10-19(15-27)20(23)28/h6,8-9,12,19H,5,7,10-11,13-16H2,1-4H3,(H2,23,28)(H2,24,25,26). The molecule has 0 radical (unpaired) electrons. The third kappa shape index (κ3) is 8.26. The van der Waals surface area contributed by atoms with Crippen molar-refractivity contribution in [1.82, 2.24) is 15.5 Å². The second kappa shape index (κ2) is 11.5. The molecule has 2 rings (SSSR count). The number of carbonyl (C=O) groups is 1. The number of guanidine groups is 1. The predicted octanol–water partition coefficient (Wildman–Crippen LogP) is 2.58. The zero-order valence-corrected chi connectivity index (χ0v) is 19.1. The first-order valence-corrected chi connectivity index (χ1v) is 11.7. The van der Waals surface area contributed by atoms with Gasteiger partial charge < -0.3 is 16.4 Å². The van der Waals surface area contributed by atoms with Crippen LogP contribution in [0.1, 0.15) is 44.7 Å². The molecule has 4 N–H and O–H groups in total. The van der Waals surface area contributed by atoms with Crippen LogP contribution in [0, 0.1) is 5.92 Å². The van der Waals surface area contributed by atoms with E-state index in [9.17, 15) is 4.79 Å². The smallest absolute Gasteiger partial charge is 0.221 e. The number of nitrogens with two attached hydrogens (primary N) is 1. The first-order chi connectivity index (χ1) is 13.8. The molecule has 1 amide bonds. The molecule has 1 aromatic rings. The number of rotatable bonds is 9. The van der Waals surface area contributed by atoms with Crippen LogP contribution in [-0.4, -0.2) is 53.9 Å². The fourth-order valence-electron chi connectivity index (χ4n) is 3.40. The number of aliphatic imine (C=N–C) groups is 1. The van der Waals surface area contributed by atoms with E-state index in [1.54, 1.807) is 0 Å². The van der Waals surface area contributed by atoms with Crippen LogP contribution in [0.2, 0.25) is 0 Å². The number of hydrogen-bond donors (Lipinski definition) is 3. The number of benzene rings is 1. The first kappa shape index (κ1) is 23.5. The summed E-state index contributed by atoms with van der Waals surface area (Å²) in [5, 5.41) is 6.77. The number of amides is 1. The largest absolute Gasteiger partial charge is 0.369 e. The maximum Gasteiger partial charge on any atom is 0.221 e. The predicted molar refractivity (Wildman–Crippen MR) is 124 cm³/mol. The molecule has 1 heterocycles. The molecule has 1 aliphatic heterocycles. The van der Waals surface area contributed by atoms with Gasteiger partial charge in [-0.05, 0) is 57.5 Å². The third-order valence-electron chi connectivity index (χ3n) is 5.30. The van der Waals surface area contributed by atoms with E-state index in [-0.39, 0.29) is 16.6 Å². The van der Waals surface area contributed by atoms with Gasteiger partial charge in [-0.15, -0.1) is 0 Å². The van der Waals surface area contributed by atoms with Crippen molar-refractivity contribution >= 4 is 23.6 Å². The van der Waals surface area contributed by atoms with Crippen molar-refractivity contribution in [3.63, 3.8) is 0 Å². The second-order valence-electron chi connectivity index (χ2n) is 8.31. The summed E-state index contributed by atoms with van der Waals surface area (Å²) in [5.41, 5.74) is 7.95. The quantitative estimate of drug-likeness (QED) is 0.423. The summed E-state index contributed by atoms with van der Waals surface area (Å²) in [4.78, 5) is 18.6. The highest BCUT2D eigenvalue weighted by Gasteiger charge is 2.23. The molecular formula is C22H37N5OS. The number of likely N-dealkylation sites (tertiary alicyclic amines) is 1. The summed E-state index contributed by atoms with van der Waals surface area (Å²) < 4.78 is 0.160. The van der Waals surface area contributed by atoms with E-state index in [1.807, 2.05) is 11.8 Å². The van der Waals surface area contributed by atoms with Crippen molar-refractivity contribution in [2.45, 2.75) is 51.4 Å². The van der Waals surface area contributed by atoms with Crippen LogP contribution in [0.25, 0.3) is 0 Å². The highest BCUT2D eigenvalue weighted by molar-refractivity contribution is 7.99. The zero-order chi connectivity index (χ0) is 21.3. The molecule has 7 heteroatoms. The molecule has 0 aliphatic carbocycles. The van der Waals surface area contributed by atoms with E-state index in [0.717, 1.165) is 51.5 Å². The Labute approximate surface area is 180 Å². The van der Waals surface area contributed by atoms with Crippen molar-refractivity contribution in [3.05, 3.63) is 35.4 Å². The number of carbonyl (C=O) groups excluding carboxylic acids is 1. The Morgan fingerprint density at radius 3 is 2.79 bits per heavy atom. The lowest BCUT2D eigenvalue weighted by atomic mass is 9.97. The van der Waals surface area contributed by atoms with Gasteiger partial charge in [-0.25, -0.2) is 4.99 Å². The highest BCUT2D eigenvalue weighted by Crippen LogP contribution is 2.20. The summed E-state index contributed by atoms with van der Waals surface area (Å²) in [6.45, 7) is 11.5. The molecule has 1 aromatic carbocycles. The van der Waals surface area contributed by atoms with Crippen LogP contribution in [0.5, 0.6) is 0 Å². The summed E-state index contributed by atoms with van der Waals surface area (Å²) in [7, 11) is 0. The summed E-state index contributed by atoms with van der Waals surface area (Å²) in [6, 6.07) is 8.57. The number of nitrogens with one attached hydrogen (secondary N) is 2. The molecule has 1 fully saturated rings. The van der Waals surface area contributed by atoms with Gasteiger partial charge in [-0.1, -0.05) is 24.3 Å². The van der Waals surface area contributed by atoms with Crippen LogP contribution in [0.15, 0.2) is 29.3 Å². The van der Waals surface area contributed by atoms with Crippen molar-refractivity contribution in [3.8, 4) is 0 Å². The summed E-state index contributed by atoms with van der Waals surface area (Å²) in [6.07, 6.45) is 4.07.